The van der Waals surface area contributed by atoms with Crippen LogP contribution in [0.15, 0.2) is 122 Å². The second-order valence-corrected chi connectivity index (χ2v) is 22.6. The van der Waals surface area contributed by atoms with Gasteiger partial charge in [0.2, 0.25) is 0 Å². The lowest BCUT2D eigenvalue weighted by molar-refractivity contribution is -0.205. The van der Waals surface area contributed by atoms with Gasteiger partial charge in [0.25, 0.3) is 11.8 Å². The van der Waals surface area contributed by atoms with Crippen LogP contribution in [-0.2, 0) is 41.4 Å². The van der Waals surface area contributed by atoms with Crippen molar-refractivity contribution in [1.29, 1.82) is 0 Å². The molecule has 2 saturated carbocycles. The first-order chi connectivity index (χ1) is 38.3. The first-order valence-corrected chi connectivity index (χ1v) is 27.5. The Morgan fingerprint density at radius 1 is 0.600 bits per heavy atom. The highest BCUT2D eigenvalue weighted by atomic mass is 35.5. The number of rotatable bonds is 16. The Morgan fingerprint density at radius 3 is 1.29 bits per heavy atom. The van der Waals surface area contributed by atoms with Crippen molar-refractivity contribution in [3.63, 3.8) is 0 Å². The number of aliphatic hydroxyl groups excluding tert-OH is 2. The largest absolute Gasteiger partial charge is 0.465 e. The summed E-state index contributed by atoms with van der Waals surface area (Å²) in [6.07, 6.45) is 4.91. The van der Waals surface area contributed by atoms with Gasteiger partial charge >= 0.3 is 11.9 Å². The molecule has 2 aliphatic heterocycles. The predicted octanol–water partition coefficient (Wildman–Crippen LogP) is 11.5. The van der Waals surface area contributed by atoms with Gasteiger partial charge in [0.1, 0.15) is 23.8 Å². The lowest BCUT2D eigenvalue weighted by atomic mass is 9.85. The van der Waals surface area contributed by atoms with E-state index in [1.54, 1.807) is 96.4 Å². The molecule has 2 unspecified atom stereocenters. The van der Waals surface area contributed by atoms with Crippen LogP contribution in [0.2, 0.25) is 20.1 Å². The van der Waals surface area contributed by atoms with E-state index in [2.05, 4.69) is 9.97 Å². The number of methoxy groups -OCH3 is 2. The van der Waals surface area contributed by atoms with E-state index in [0.29, 0.717) is 43.7 Å². The topological polar surface area (TPSA) is 178 Å². The Morgan fingerprint density at radius 2 is 0.988 bits per heavy atom. The normalized spacial score (nSPS) is 23.6. The zero-order chi connectivity index (χ0) is 57.2. The minimum atomic E-state index is -1.41. The summed E-state index contributed by atoms with van der Waals surface area (Å²) >= 11 is 24.8. The number of amides is 2. The van der Waals surface area contributed by atoms with E-state index < -0.39 is 71.2 Å². The number of esters is 2. The maximum absolute atomic E-state index is 14.8. The number of aliphatic hydroxyl groups is 2. The van der Waals surface area contributed by atoms with Gasteiger partial charge in [0.15, 0.2) is 11.2 Å². The molecule has 420 valence electrons. The molecule has 10 rings (SSSR count). The quantitative estimate of drug-likeness (QED) is 0.0878. The van der Waals surface area contributed by atoms with E-state index in [1.165, 1.54) is 50.9 Å². The van der Waals surface area contributed by atoms with Gasteiger partial charge in [0.05, 0.1) is 72.8 Å². The third-order valence-corrected chi connectivity index (χ3v) is 16.3. The first-order valence-electron chi connectivity index (χ1n) is 26.0. The number of pyridine rings is 2. The smallest absolute Gasteiger partial charge is 0.339 e. The molecule has 2 aromatic heterocycles. The monoisotopic (exact) mass is 1170 g/mol. The number of nitrogens with zero attached hydrogens (tertiary/aromatic N) is 4. The minimum Gasteiger partial charge on any atom is -0.465 e. The number of morpholine rings is 2. The molecule has 8 atom stereocenters. The molecule has 2 saturated heterocycles. The van der Waals surface area contributed by atoms with Crippen LogP contribution in [0.3, 0.4) is 0 Å². The fraction of sp³-hybridized carbons (Fsp3) is 0.367. The number of carbonyl (C=O) groups is 4. The summed E-state index contributed by atoms with van der Waals surface area (Å²) in [6, 6.07) is 27.1. The van der Waals surface area contributed by atoms with Gasteiger partial charge < -0.3 is 39.0 Å². The molecule has 80 heavy (non-hydrogen) atoms. The van der Waals surface area contributed by atoms with E-state index in [0.717, 1.165) is 25.7 Å². The van der Waals surface area contributed by atoms with Crippen LogP contribution in [0.25, 0.3) is 0 Å². The zero-order valence-corrected chi connectivity index (χ0v) is 47.1. The molecule has 4 heterocycles. The Bertz CT molecular complexity index is 3050. The van der Waals surface area contributed by atoms with Crippen LogP contribution in [-0.4, -0.2) is 104 Å². The van der Waals surface area contributed by atoms with Crippen molar-refractivity contribution in [1.82, 2.24) is 19.8 Å². The summed E-state index contributed by atoms with van der Waals surface area (Å²) in [7, 11) is 2.58. The second kappa shape index (κ2) is 24.6. The molecule has 2 N–H and O–H groups in total. The van der Waals surface area contributed by atoms with Crippen LogP contribution in [0.4, 0.5) is 8.78 Å². The van der Waals surface area contributed by atoms with Gasteiger partial charge in [-0.25, -0.2) is 18.4 Å². The molecule has 14 nitrogen and oxygen atoms in total. The summed E-state index contributed by atoms with van der Waals surface area (Å²) in [6.45, 7) is 2.87. The highest BCUT2D eigenvalue weighted by Crippen LogP contribution is 2.52. The highest BCUT2D eigenvalue weighted by Gasteiger charge is 2.57. The van der Waals surface area contributed by atoms with Crippen molar-refractivity contribution >= 4 is 70.2 Å². The molecule has 4 aliphatic rings. The third kappa shape index (κ3) is 12.5. The van der Waals surface area contributed by atoms with Gasteiger partial charge in [-0.1, -0.05) is 82.8 Å². The number of benzene rings is 4. The second-order valence-electron chi connectivity index (χ2n) is 20.9. The highest BCUT2D eigenvalue weighted by molar-refractivity contribution is 6.31. The van der Waals surface area contributed by atoms with Crippen molar-refractivity contribution < 1.29 is 57.1 Å². The molecule has 0 radical (unpaired) electrons. The Balaban J connectivity index is 0.000000194. The number of hydrogen-bond donors (Lipinski definition) is 2. The summed E-state index contributed by atoms with van der Waals surface area (Å²) < 4.78 is 52.4. The fourth-order valence-electron chi connectivity index (χ4n) is 10.9. The number of hydrogen-bond acceptors (Lipinski definition) is 12. The van der Waals surface area contributed by atoms with Crippen molar-refractivity contribution in [2.75, 3.05) is 27.4 Å². The zero-order valence-electron chi connectivity index (χ0n) is 44.0. The van der Waals surface area contributed by atoms with Gasteiger partial charge in [0, 0.05) is 46.7 Å². The van der Waals surface area contributed by atoms with E-state index in [1.807, 2.05) is 12.1 Å². The van der Waals surface area contributed by atoms with Gasteiger partial charge in [-0.3, -0.25) is 19.6 Å². The molecule has 2 amide bonds. The molecule has 2 aliphatic carbocycles. The maximum Gasteiger partial charge on any atom is 0.339 e. The molecule has 4 fully saturated rings. The van der Waals surface area contributed by atoms with E-state index in [4.69, 9.17) is 65.4 Å². The summed E-state index contributed by atoms with van der Waals surface area (Å²) in [5, 5.41) is 21.9. The van der Waals surface area contributed by atoms with Crippen molar-refractivity contribution in [3.05, 3.63) is 198 Å². The van der Waals surface area contributed by atoms with Gasteiger partial charge in [-0.15, -0.1) is 0 Å². The fourth-order valence-corrected chi connectivity index (χ4v) is 11.5. The predicted molar refractivity (Wildman–Crippen MR) is 295 cm³/mol. The molecular formula is C60H58Cl4F2N4O10. The van der Waals surface area contributed by atoms with Crippen molar-refractivity contribution in [3.8, 4) is 0 Å². The molecule has 0 spiro atoms. The van der Waals surface area contributed by atoms with Gasteiger partial charge in [-0.2, -0.15) is 0 Å². The van der Waals surface area contributed by atoms with Gasteiger partial charge in [-0.05, 0) is 146 Å². The average Bonchev–Trinajstić information content (AvgIpc) is 4.58. The Hall–Kier alpha value is -6.08. The molecule has 4 aromatic carbocycles. The number of aromatic nitrogens is 2. The number of halogens is 6. The van der Waals surface area contributed by atoms with E-state index in [-0.39, 0.29) is 70.9 Å². The van der Waals surface area contributed by atoms with Crippen molar-refractivity contribution in [2.24, 2.45) is 11.8 Å². The molecular weight excluding hydrogens is 1120 g/mol. The summed E-state index contributed by atoms with van der Waals surface area (Å²) in [5.41, 5.74) is 1.16. The van der Waals surface area contributed by atoms with E-state index in [9.17, 15) is 38.2 Å². The molecule has 0 bridgehead atoms. The lowest BCUT2D eigenvalue weighted by Crippen LogP contribution is -2.62. The summed E-state index contributed by atoms with van der Waals surface area (Å²) in [5.74, 6) is -2.77. The number of carbonyl (C=O) groups excluding carboxylic acids is 4. The van der Waals surface area contributed by atoms with Crippen molar-refractivity contribution in [2.45, 2.75) is 99.9 Å². The Kier molecular flexibility index (Phi) is 18.0. The SMILES string of the molecule is COC(=O)c1ccc(C[C@@]2(C)O[C@H](c3cccc(Cl)c3)C(c3ccc(Cl)c(F)c3)N([C@H](CO)C3CC3)C2=O)nc1.COC(=O)c1ccc(C[C@]2(C)O[C@H](c3cccc(Cl)c3)C(c3ccc(Cl)c(F)c3)N([C@H](CO)C3CC3)C2=O)nc1. The molecule has 20 heteroatoms. The van der Waals surface area contributed by atoms with Crippen LogP contribution in [0.5, 0.6) is 0 Å². The lowest BCUT2D eigenvalue weighted by Gasteiger charge is -2.51. The van der Waals surface area contributed by atoms with Crippen LogP contribution in [0, 0.1) is 23.5 Å². The molecule has 6 aromatic rings. The first kappa shape index (κ1) is 58.6. The number of ether oxygens (including phenoxy) is 4. The maximum atomic E-state index is 14.8. The Labute approximate surface area is 481 Å². The third-order valence-electron chi connectivity index (χ3n) is 15.2. The standard InChI is InChI=1S/2C30H29Cl2FN2O5/c2*1-30(14-22-10-8-20(15-34-22)28(37)39-2)29(38)35(25(16-36)17-6-7-17)26(18-9-11-23(32)24(33)13-18)27(40-30)19-4-3-5-21(31)12-19/h2*3-5,8-13,15,17,25-27,36H,6-7,14,16H2,1-2H3/t25-,26?,27-,30+;25-,26?,27-,30-/m11/s1. The van der Waals surface area contributed by atoms with Crippen LogP contribution >= 0.6 is 46.4 Å². The van der Waals surface area contributed by atoms with E-state index >= 15 is 0 Å². The summed E-state index contributed by atoms with van der Waals surface area (Å²) in [4.78, 5) is 64.7. The average molecular weight is 1170 g/mol. The van der Waals surface area contributed by atoms with Crippen LogP contribution < -0.4 is 0 Å². The minimum absolute atomic E-state index is 0.0372. The van der Waals surface area contributed by atoms with Crippen LogP contribution in [0.1, 0.15) is 118 Å².